The Hall–Kier alpha value is -0.380. The smallest absolute Gasteiger partial charge is 0.0242 e. The van der Waals surface area contributed by atoms with E-state index in [-0.39, 0.29) is 5.54 Å². The van der Waals surface area contributed by atoms with Crippen molar-refractivity contribution in [1.82, 2.24) is 10.2 Å². The third-order valence-electron chi connectivity index (χ3n) is 2.55. The van der Waals surface area contributed by atoms with Gasteiger partial charge >= 0.3 is 0 Å². The number of benzene rings is 1. The van der Waals surface area contributed by atoms with E-state index >= 15 is 0 Å². The van der Waals surface area contributed by atoms with Gasteiger partial charge in [0.25, 0.3) is 0 Å². The number of nitrogens with zero attached hydrogens (tertiary/aromatic N) is 1. The Kier molecular flexibility index (Phi) is 5.63. The molecule has 0 saturated heterocycles. The molecule has 0 aromatic heterocycles. The second kappa shape index (κ2) is 6.53. The van der Waals surface area contributed by atoms with E-state index in [1.807, 2.05) is 0 Å². The van der Waals surface area contributed by atoms with Gasteiger partial charge < -0.3 is 10.2 Å². The molecule has 3 heteroatoms. The van der Waals surface area contributed by atoms with Crippen molar-refractivity contribution in [2.45, 2.75) is 32.9 Å². The SMILES string of the molecule is CN(CCNC(C)(C)C)Cc1ccccc1Br. The molecule has 0 bridgehead atoms. The van der Waals surface area contributed by atoms with E-state index in [1.54, 1.807) is 0 Å². The zero-order chi connectivity index (χ0) is 12.9. The fourth-order valence-electron chi connectivity index (χ4n) is 1.62. The van der Waals surface area contributed by atoms with Crippen LogP contribution < -0.4 is 5.32 Å². The topological polar surface area (TPSA) is 15.3 Å². The number of hydrogen-bond donors (Lipinski definition) is 1. The van der Waals surface area contributed by atoms with Crippen LogP contribution in [0.15, 0.2) is 28.7 Å². The van der Waals surface area contributed by atoms with Gasteiger partial charge in [-0.25, -0.2) is 0 Å². The standard InChI is InChI=1S/C14H23BrN2/c1-14(2,3)16-9-10-17(4)11-12-7-5-6-8-13(12)15/h5-8,16H,9-11H2,1-4H3. The molecule has 0 aliphatic rings. The minimum atomic E-state index is 0.203. The molecule has 0 aliphatic heterocycles. The van der Waals surface area contributed by atoms with Crippen molar-refractivity contribution >= 4 is 15.9 Å². The highest BCUT2D eigenvalue weighted by atomic mass is 79.9. The molecule has 1 aromatic carbocycles. The van der Waals surface area contributed by atoms with Gasteiger partial charge in [-0.05, 0) is 39.4 Å². The van der Waals surface area contributed by atoms with Crippen LogP contribution in [-0.2, 0) is 6.54 Å². The first-order chi connectivity index (χ1) is 7.88. The first-order valence-electron chi connectivity index (χ1n) is 6.05. The first-order valence-corrected chi connectivity index (χ1v) is 6.85. The van der Waals surface area contributed by atoms with Crippen LogP contribution in [0.1, 0.15) is 26.3 Å². The zero-order valence-corrected chi connectivity index (χ0v) is 12.8. The monoisotopic (exact) mass is 298 g/mol. The molecule has 2 nitrogen and oxygen atoms in total. The van der Waals surface area contributed by atoms with Crippen LogP contribution >= 0.6 is 15.9 Å². The van der Waals surface area contributed by atoms with Crippen molar-refractivity contribution in [2.24, 2.45) is 0 Å². The summed E-state index contributed by atoms with van der Waals surface area (Å²) in [6.07, 6.45) is 0. The molecule has 0 spiro atoms. The van der Waals surface area contributed by atoms with Gasteiger partial charge in [0.15, 0.2) is 0 Å². The van der Waals surface area contributed by atoms with Gasteiger partial charge in [0.1, 0.15) is 0 Å². The van der Waals surface area contributed by atoms with E-state index in [9.17, 15) is 0 Å². The molecule has 0 aliphatic carbocycles. The van der Waals surface area contributed by atoms with Gasteiger partial charge in [-0.2, -0.15) is 0 Å². The maximum Gasteiger partial charge on any atom is 0.0242 e. The Labute approximate surface area is 114 Å². The number of nitrogens with one attached hydrogen (secondary N) is 1. The van der Waals surface area contributed by atoms with Crippen molar-refractivity contribution in [1.29, 1.82) is 0 Å². The van der Waals surface area contributed by atoms with Crippen molar-refractivity contribution < 1.29 is 0 Å². The van der Waals surface area contributed by atoms with Crippen LogP contribution in [-0.4, -0.2) is 30.6 Å². The summed E-state index contributed by atoms with van der Waals surface area (Å²) in [4.78, 5) is 2.33. The number of hydrogen-bond acceptors (Lipinski definition) is 2. The Morgan fingerprint density at radius 2 is 1.88 bits per heavy atom. The Balaban J connectivity index is 2.35. The first kappa shape index (κ1) is 14.7. The molecule has 0 heterocycles. The molecule has 0 radical (unpaired) electrons. The molecule has 0 amide bonds. The second-order valence-electron chi connectivity index (χ2n) is 5.51. The van der Waals surface area contributed by atoms with Crippen molar-refractivity contribution in [3.05, 3.63) is 34.3 Å². The lowest BCUT2D eigenvalue weighted by molar-refractivity contribution is 0.303. The van der Waals surface area contributed by atoms with E-state index in [0.29, 0.717) is 0 Å². The van der Waals surface area contributed by atoms with Gasteiger partial charge in [-0.3, -0.25) is 0 Å². The molecule has 1 rings (SSSR count). The van der Waals surface area contributed by atoms with E-state index < -0.39 is 0 Å². The minimum absolute atomic E-state index is 0.203. The largest absolute Gasteiger partial charge is 0.311 e. The molecule has 0 fully saturated rings. The molecule has 0 unspecified atom stereocenters. The molecule has 17 heavy (non-hydrogen) atoms. The highest BCUT2D eigenvalue weighted by Crippen LogP contribution is 2.16. The Bertz CT molecular complexity index is 344. The van der Waals surface area contributed by atoms with E-state index in [4.69, 9.17) is 0 Å². The van der Waals surface area contributed by atoms with Crippen LogP contribution in [0.5, 0.6) is 0 Å². The summed E-state index contributed by atoms with van der Waals surface area (Å²) in [5.74, 6) is 0. The lowest BCUT2D eigenvalue weighted by atomic mass is 10.1. The molecule has 1 N–H and O–H groups in total. The fourth-order valence-corrected chi connectivity index (χ4v) is 2.03. The van der Waals surface area contributed by atoms with Gasteiger partial charge in [-0.15, -0.1) is 0 Å². The lowest BCUT2D eigenvalue weighted by Crippen LogP contribution is -2.40. The molecule has 0 saturated carbocycles. The summed E-state index contributed by atoms with van der Waals surface area (Å²) in [5.41, 5.74) is 1.54. The summed E-state index contributed by atoms with van der Waals surface area (Å²) in [6, 6.07) is 8.39. The summed E-state index contributed by atoms with van der Waals surface area (Å²) in [6.45, 7) is 9.64. The molecule has 1 aromatic rings. The zero-order valence-electron chi connectivity index (χ0n) is 11.3. The quantitative estimate of drug-likeness (QED) is 0.897. The average Bonchev–Trinajstić information content (AvgIpc) is 2.19. The summed E-state index contributed by atoms with van der Waals surface area (Å²) in [5, 5.41) is 3.50. The van der Waals surface area contributed by atoms with Gasteiger partial charge in [0.2, 0.25) is 0 Å². The molecular formula is C14H23BrN2. The predicted molar refractivity (Wildman–Crippen MR) is 78.2 cm³/mol. The summed E-state index contributed by atoms with van der Waals surface area (Å²) < 4.78 is 1.19. The number of halogens is 1. The highest BCUT2D eigenvalue weighted by Gasteiger charge is 2.09. The predicted octanol–water partition coefficient (Wildman–Crippen LogP) is 3.27. The Morgan fingerprint density at radius 1 is 1.24 bits per heavy atom. The van der Waals surface area contributed by atoms with Crippen LogP contribution in [0.2, 0.25) is 0 Å². The molecule has 0 atom stereocenters. The second-order valence-corrected chi connectivity index (χ2v) is 6.36. The van der Waals surface area contributed by atoms with E-state index in [0.717, 1.165) is 19.6 Å². The molecule has 96 valence electrons. The third-order valence-corrected chi connectivity index (χ3v) is 3.32. The lowest BCUT2D eigenvalue weighted by Gasteiger charge is -2.23. The van der Waals surface area contributed by atoms with Crippen LogP contribution in [0.25, 0.3) is 0 Å². The van der Waals surface area contributed by atoms with Crippen LogP contribution in [0, 0.1) is 0 Å². The average molecular weight is 299 g/mol. The minimum Gasteiger partial charge on any atom is -0.311 e. The van der Waals surface area contributed by atoms with E-state index in [2.05, 4.69) is 78.2 Å². The highest BCUT2D eigenvalue weighted by molar-refractivity contribution is 9.10. The molecular weight excluding hydrogens is 276 g/mol. The normalized spacial score (nSPS) is 12.1. The van der Waals surface area contributed by atoms with E-state index in [1.165, 1.54) is 10.0 Å². The summed E-state index contributed by atoms with van der Waals surface area (Å²) >= 11 is 3.58. The van der Waals surface area contributed by atoms with Crippen molar-refractivity contribution in [2.75, 3.05) is 20.1 Å². The van der Waals surface area contributed by atoms with Crippen molar-refractivity contribution in [3.63, 3.8) is 0 Å². The van der Waals surface area contributed by atoms with Gasteiger partial charge in [0, 0.05) is 29.6 Å². The summed E-state index contributed by atoms with van der Waals surface area (Å²) in [7, 11) is 2.16. The van der Waals surface area contributed by atoms with Gasteiger partial charge in [-0.1, -0.05) is 34.1 Å². The number of likely N-dealkylation sites (N-methyl/N-ethyl adjacent to an activating group) is 1. The third kappa shape index (κ3) is 6.20. The van der Waals surface area contributed by atoms with Crippen LogP contribution in [0.4, 0.5) is 0 Å². The maximum atomic E-state index is 3.58. The van der Waals surface area contributed by atoms with Crippen LogP contribution in [0.3, 0.4) is 0 Å². The maximum absolute atomic E-state index is 3.58. The van der Waals surface area contributed by atoms with Gasteiger partial charge in [0.05, 0.1) is 0 Å². The Morgan fingerprint density at radius 3 is 2.47 bits per heavy atom. The fraction of sp³-hybridized carbons (Fsp3) is 0.571. The number of rotatable bonds is 5. The van der Waals surface area contributed by atoms with Crippen molar-refractivity contribution in [3.8, 4) is 0 Å².